The Labute approximate surface area is 73.2 Å². The van der Waals surface area contributed by atoms with Crippen molar-refractivity contribution in [2.24, 2.45) is 7.05 Å². The van der Waals surface area contributed by atoms with Crippen molar-refractivity contribution in [3.8, 4) is 0 Å². The summed E-state index contributed by atoms with van der Waals surface area (Å²) in [6.07, 6.45) is 3.76. The van der Waals surface area contributed by atoms with Crippen molar-refractivity contribution in [2.45, 2.75) is 13.0 Å². The van der Waals surface area contributed by atoms with Gasteiger partial charge in [-0.1, -0.05) is 0 Å². The van der Waals surface area contributed by atoms with E-state index in [0.29, 0.717) is 0 Å². The lowest BCUT2D eigenvalue weighted by atomic mass is 10.3. The molecule has 0 aliphatic carbocycles. The Morgan fingerprint density at radius 2 is 2.25 bits per heavy atom. The molecule has 1 aromatic rings. The number of hydrazine groups is 1. The average Bonchev–Trinajstić information content (AvgIpc) is 2.33. The van der Waals surface area contributed by atoms with Gasteiger partial charge in [0.25, 0.3) is 0 Å². The predicted octanol–water partition coefficient (Wildman–Crippen LogP) is 0.547. The minimum absolute atomic E-state index is 0.250. The van der Waals surface area contributed by atoms with Gasteiger partial charge < -0.3 is 4.57 Å². The summed E-state index contributed by atoms with van der Waals surface area (Å²) in [5, 5.41) is 1.93. The fourth-order valence-corrected chi connectivity index (χ4v) is 1.24. The van der Waals surface area contributed by atoms with Gasteiger partial charge in [-0.25, -0.2) is 15.4 Å². The molecule has 12 heavy (non-hydrogen) atoms. The lowest BCUT2D eigenvalue weighted by Gasteiger charge is -2.18. The highest BCUT2D eigenvalue weighted by atomic mass is 15.5. The number of aryl methyl sites for hydroxylation is 1. The molecule has 0 bridgehead atoms. The number of hydrogen-bond donors (Lipinski definition) is 1. The third-order valence-electron chi connectivity index (χ3n) is 1.70. The molecule has 0 aliphatic rings. The predicted molar refractivity (Wildman–Crippen MR) is 48.4 cm³/mol. The monoisotopic (exact) mass is 168 g/mol. The molecule has 1 atom stereocenters. The van der Waals surface area contributed by atoms with E-state index in [9.17, 15) is 0 Å². The van der Waals surface area contributed by atoms with Crippen molar-refractivity contribution in [3.05, 3.63) is 18.2 Å². The van der Waals surface area contributed by atoms with Crippen LogP contribution in [0.2, 0.25) is 0 Å². The van der Waals surface area contributed by atoms with Gasteiger partial charge in [-0.2, -0.15) is 0 Å². The van der Waals surface area contributed by atoms with Gasteiger partial charge in [0.2, 0.25) is 0 Å². The van der Waals surface area contributed by atoms with Crippen LogP contribution in [0.3, 0.4) is 0 Å². The van der Waals surface area contributed by atoms with Gasteiger partial charge in [-0.15, -0.1) is 0 Å². The first-order valence-electron chi connectivity index (χ1n) is 4.02. The normalized spacial score (nSPS) is 13.8. The molecule has 1 rings (SSSR count). The van der Waals surface area contributed by atoms with Gasteiger partial charge in [-0.3, -0.25) is 0 Å². The number of imidazole rings is 1. The van der Waals surface area contributed by atoms with Crippen molar-refractivity contribution in [2.75, 3.05) is 14.1 Å². The van der Waals surface area contributed by atoms with Gasteiger partial charge in [-0.05, 0) is 6.92 Å². The highest BCUT2D eigenvalue weighted by molar-refractivity contribution is 4.96. The first kappa shape index (κ1) is 9.22. The van der Waals surface area contributed by atoms with Crippen molar-refractivity contribution in [1.29, 1.82) is 0 Å². The molecule has 1 unspecified atom stereocenters. The van der Waals surface area contributed by atoms with E-state index >= 15 is 0 Å². The van der Waals surface area contributed by atoms with Gasteiger partial charge in [0.05, 0.1) is 6.04 Å². The zero-order valence-corrected chi connectivity index (χ0v) is 8.07. The largest absolute Gasteiger partial charge is 0.337 e. The molecule has 1 N–H and O–H groups in total. The van der Waals surface area contributed by atoms with Crippen LogP contribution < -0.4 is 5.43 Å². The zero-order valence-electron chi connectivity index (χ0n) is 8.07. The summed E-state index contributed by atoms with van der Waals surface area (Å²) in [4.78, 5) is 4.24. The standard InChI is InChI=1S/C8H16N4/c1-7(10-11(2)3)8-9-5-6-12(8)4/h5-7,10H,1-4H3. The quantitative estimate of drug-likeness (QED) is 0.669. The van der Waals surface area contributed by atoms with E-state index in [1.807, 2.05) is 43.1 Å². The van der Waals surface area contributed by atoms with Gasteiger partial charge in [0, 0.05) is 33.5 Å². The number of nitrogens with zero attached hydrogens (tertiary/aromatic N) is 3. The van der Waals surface area contributed by atoms with Crippen LogP contribution >= 0.6 is 0 Å². The second-order valence-corrected chi connectivity index (χ2v) is 3.14. The number of rotatable bonds is 3. The molecule has 0 spiro atoms. The first-order valence-corrected chi connectivity index (χ1v) is 4.02. The second kappa shape index (κ2) is 3.69. The highest BCUT2D eigenvalue weighted by Gasteiger charge is 2.09. The minimum Gasteiger partial charge on any atom is -0.337 e. The zero-order chi connectivity index (χ0) is 9.14. The highest BCUT2D eigenvalue weighted by Crippen LogP contribution is 2.07. The molecule has 0 saturated carbocycles. The maximum Gasteiger partial charge on any atom is 0.126 e. The average molecular weight is 168 g/mol. The molecule has 1 heterocycles. The Morgan fingerprint density at radius 3 is 2.67 bits per heavy atom. The molecule has 1 aromatic heterocycles. The van der Waals surface area contributed by atoms with E-state index in [0.717, 1.165) is 5.82 Å². The molecular weight excluding hydrogens is 152 g/mol. The van der Waals surface area contributed by atoms with Crippen LogP contribution in [-0.2, 0) is 7.05 Å². The van der Waals surface area contributed by atoms with E-state index in [2.05, 4.69) is 17.3 Å². The van der Waals surface area contributed by atoms with Crippen LogP contribution in [-0.4, -0.2) is 28.7 Å². The Balaban J connectivity index is 2.65. The Morgan fingerprint density at radius 1 is 1.58 bits per heavy atom. The van der Waals surface area contributed by atoms with Crippen LogP contribution in [0.1, 0.15) is 18.8 Å². The Bertz CT molecular complexity index is 241. The lowest BCUT2D eigenvalue weighted by molar-refractivity contribution is 0.245. The molecule has 4 nitrogen and oxygen atoms in total. The maximum atomic E-state index is 4.24. The molecule has 4 heteroatoms. The number of nitrogens with one attached hydrogen (secondary N) is 1. The molecular formula is C8H16N4. The van der Waals surface area contributed by atoms with E-state index in [-0.39, 0.29) is 6.04 Å². The van der Waals surface area contributed by atoms with E-state index < -0.39 is 0 Å². The number of aromatic nitrogens is 2. The van der Waals surface area contributed by atoms with Crippen molar-refractivity contribution in [3.63, 3.8) is 0 Å². The van der Waals surface area contributed by atoms with Crippen LogP contribution in [0.25, 0.3) is 0 Å². The fraction of sp³-hybridized carbons (Fsp3) is 0.625. The summed E-state index contributed by atoms with van der Waals surface area (Å²) in [6.45, 7) is 2.09. The van der Waals surface area contributed by atoms with E-state index in [1.54, 1.807) is 0 Å². The van der Waals surface area contributed by atoms with Crippen LogP contribution in [0.5, 0.6) is 0 Å². The van der Waals surface area contributed by atoms with Crippen LogP contribution in [0.15, 0.2) is 12.4 Å². The minimum atomic E-state index is 0.250. The third kappa shape index (κ3) is 2.06. The smallest absolute Gasteiger partial charge is 0.126 e. The molecule has 0 aliphatic heterocycles. The fourth-order valence-electron chi connectivity index (χ4n) is 1.24. The summed E-state index contributed by atoms with van der Waals surface area (Å²) in [6, 6.07) is 0.250. The van der Waals surface area contributed by atoms with Crippen LogP contribution in [0, 0.1) is 0 Å². The van der Waals surface area contributed by atoms with Gasteiger partial charge >= 0.3 is 0 Å². The molecule has 68 valence electrons. The summed E-state index contributed by atoms with van der Waals surface area (Å²) in [5.41, 5.74) is 3.24. The molecule has 0 saturated heterocycles. The summed E-state index contributed by atoms with van der Waals surface area (Å²) in [5.74, 6) is 1.05. The first-order chi connectivity index (χ1) is 5.61. The van der Waals surface area contributed by atoms with Crippen LogP contribution in [0.4, 0.5) is 0 Å². The molecule has 0 amide bonds. The van der Waals surface area contributed by atoms with E-state index in [4.69, 9.17) is 0 Å². The maximum absolute atomic E-state index is 4.24. The summed E-state index contributed by atoms with van der Waals surface area (Å²) >= 11 is 0. The second-order valence-electron chi connectivity index (χ2n) is 3.14. The van der Waals surface area contributed by atoms with E-state index in [1.165, 1.54) is 0 Å². The Hall–Kier alpha value is -0.870. The van der Waals surface area contributed by atoms with Crippen molar-refractivity contribution >= 4 is 0 Å². The molecule has 0 aromatic carbocycles. The summed E-state index contributed by atoms with van der Waals surface area (Å²) in [7, 11) is 5.94. The molecule has 0 radical (unpaired) electrons. The van der Waals surface area contributed by atoms with Crippen molar-refractivity contribution in [1.82, 2.24) is 20.0 Å². The lowest BCUT2D eigenvalue weighted by Crippen LogP contribution is -2.33. The van der Waals surface area contributed by atoms with Gasteiger partial charge in [0.1, 0.15) is 5.82 Å². The number of hydrogen-bond acceptors (Lipinski definition) is 3. The third-order valence-corrected chi connectivity index (χ3v) is 1.70. The topological polar surface area (TPSA) is 33.1 Å². The SMILES string of the molecule is CC(NN(C)C)c1nccn1C. The van der Waals surface area contributed by atoms with Crippen molar-refractivity contribution < 1.29 is 0 Å². The Kier molecular flexibility index (Phi) is 2.83. The summed E-state index contributed by atoms with van der Waals surface area (Å²) < 4.78 is 2.02. The van der Waals surface area contributed by atoms with Gasteiger partial charge in [0.15, 0.2) is 0 Å². The molecule has 0 fully saturated rings.